The standard InChI is InChI=1S/C40H59N5O/c1-8-21-35-32(9-2)39(3,4)37(25-13-10-12-24-36-40(5,6)33-22-15-16-23-34(33)44(36)7)45(35)31-19-11-14-26-38(46)43-30-18-17-28-42-29-20-27-41/h8-10,12-13,15-16,21-25,42H,1,11,14,17-20,26-31,41H2,2-7H3/p+1. The van der Waals surface area contributed by atoms with Gasteiger partial charge in [0.05, 0.1) is 5.41 Å². The van der Waals surface area contributed by atoms with Crippen molar-refractivity contribution in [2.45, 2.75) is 85.0 Å². The van der Waals surface area contributed by atoms with Crippen molar-refractivity contribution in [1.29, 1.82) is 0 Å². The van der Waals surface area contributed by atoms with Crippen LogP contribution in [-0.4, -0.2) is 60.9 Å². The molecule has 4 N–H and O–H groups in total. The summed E-state index contributed by atoms with van der Waals surface area (Å²) >= 11 is 0. The molecule has 1 saturated heterocycles. The second-order valence-corrected chi connectivity index (χ2v) is 13.4. The summed E-state index contributed by atoms with van der Waals surface area (Å²) < 4.78 is 2.30. The highest BCUT2D eigenvalue weighted by atomic mass is 16.1. The second kappa shape index (κ2) is 18.0. The van der Waals surface area contributed by atoms with E-state index in [0.717, 1.165) is 71.2 Å². The van der Waals surface area contributed by atoms with Crippen LogP contribution in [0.3, 0.4) is 0 Å². The van der Waals surface area contributed by atoms with Crippen LogP contribution in [0, 0.1) is 5.41 Å². The van der Waals surface area contributed by atoms with Gasteiger partial charge in [0.15, 0.2) is 5.71 Å². The first kappa shape index (κ1) is 37.0. The molecule has 0 spiro atoms. The number of hydrogen-bond acceptors (Lipinski definition) is 4. The van der Waals surface area contributed by atoms with Crippen molar-refractivity contribution >= 4 is 17.3 Å². The van der Waals surface area contributed by atoms with Gasteiger partial charge in [0.25, 0.3) is 0 Å². The van der Waals surface area contributed by atoms with Gasteiger partial charge in [0.1, 0.15) is 7.05 Å². The minimum Gasteiger partial charge on any atom is -0.356 e. The minimum atomic E-state index is -0.123. The van der Waals surface area contributed by atoms with Gasteiger partial charge in [0.2, 0.25) is 11.6 Å². The Morgan fingerprint density at radius 1 is 0.935 bits per heavy atom. The average Bonchev–Trinajstić information content (AvgIpc) is 3.35. The van der Waals surface area contributed by atoms with Gasteiger partial charge >= 0.3 is 0 Å². The Morgan fingerprint density at radius 2 is 1.67 bits per heavy atom. The number of nitrogens with zero attached hydrogens (tertiary/aromatic N) is 2. The fraction of sp³-hybridized carbons (Fsp3) is 0.500. The van der Waals surface area contributed by atoms with Gasteiger partial charge in [-0.3, -0.25) is 4.79 Å². The van der Waals surface area contributed by atoms with Crippen molar-refractivity contribution in [2.24, 2.45) is 11.1 Å². The lowest BCUT2D eigenvalue weighted by Crippen LogP contribution is -2.26. The van der Waals surface area contributed by atoms with Gasteiger partial charge in [-0.15, -0.1) is 0 Å². The zero-order valence-electron chi connectivity index (χ0n) is 29.5. The number of carbonyl (C=O) groups is 1. The number of unbranched alkanes of at least 4 members (excludes halogenated alkanes) is 3. The number of allylic oxidation sites excluding steroid dienone is 10. The van der Waals surface area contributed by atoms with E-state index in [1.54, 1.807) is 0 Å². The molecule has 0 bridgehead atoms. The third-order valence-corrected chi connectivity index (χ3v) is 9.35. The Labute approximate surface area is 279 Å². The average molecular weight is 627 g/mol. The van der Waals surface area contributed by atoms with Crippen LogP contribution in [-0.2, 0) is 10.2 Å². The van der Waals surface area contributed by atoms with Crippen LogP contribution in [0.2, 0.25) is 0 Å². The van der Waals surface area contributed by atoms with Gasteiger partial charge < -0.3 is 21.3 Å². The van der Waals surface area contributed by atoms with Gasteiger partial charge in [-0.2, -0.15) is 4.58 Å². The van der Waals surface area contributed by atoms with Crippen molar-refractivity contribution in [3.05, 3.63) is 102 Å². The van der Waals surface area contributed by atoms with Gasteiger partial charge in [0, 0.05) is 54.0 Å². The molecular weight excluding hydrogens is 566 g/mol. The molecule has 6 heteroatoms. The molecule has 1 amide bonds. The van der Waals surface area contributed by atoms with Crippen molar-refractivity contribution in [3.8, 4) is 0 Å². The summed E-state index contributed by atoms with van der Waals surface area (Å²) in [4.78, 5) is 14.8. The van der Waals surface area contributed by atoms with Crippen LogP contribution in [0.1, 0.15) is 85.1 Å². The lowest BCUT2D eigenvalue weighted by Gasteiger charge is -2.26. The van der Waals surface area contributed by atoms with E-state index in [0.29, 0.717) is 6.42 Å². The maximum Gasteiger partial charge on any atom is 0.219 e. The SMILES string of the molecule is C=CC=C1C(=CC)C(C)(C)C(=CC=CC=CC2=[N+](C)c3ccccc3C2(C)C)N1CCCCCC(=O)NCCCCNCCCN. The zero-order chi connectivity index (χ0) is 33.6. The number of benzene rings is 1. The Kier molecular flexibility index (Phi) is 14.5. The van der Waals surface area contributed by atoms with E-state index < -0.39 is 0 Å². The molecule has 0 aromatic heterocycles. The number of nitrogens with two attached hydrogens (primary N) is 1. The first-order chi connectivity index (χ1) is 22.1. The molecule has 0 unspecified atom stereocenters. The lowest BCUT2D eigenvalue weighted by atomic mass is 9.81. The van der Waals surface area contributed by atoms with Crippen LogP contribution >= 0.6 is 0 Å². The number of para-hydroxylation sites is 1. The molecule has 2 aliphatic heterocycles. The molecule has 3 rings (SSSR count). The Balaban J connectivity index is 1.58. The van der Waals surface area contributed by atoms with Gasteiger partial charge in [-0.05, 0) is 90.2 Å². The van der Waals surface area contributed by atoms with E-state index in [2.05, 4.69) is 135 Å². The molecule has 0 aliphatic carbocycles. The highest BCUT2D eigenvalue weighted by Gasteiger charge is 2.43. The summed E-state index contributed by atoms with van der Waals surface area (Å²) in [5.41, 5.74) is 13.1. The Hall–Kier alpha value is -3.48. The number of carbonyl (C=O) groups excluding carboxylic acids is 1. The predicted molar refractivity (Wildman–Crippen MR) is 196 cm³/mol. The maximum absolute atomic E-state index is 12.4. The number of amides is 1. The smallest absolute Gasteiger partial charge is 0.219 e. The largest absolute Gasteiger partial charge is 0.356 e. The molecule has 0 atom stereocenters. The molecule has 1 fully saturated rings. The number of likely N-dealkylation sites (tertiary alicyclic amines) is 1. The van der Waals surface area contributed by atoms with Crippen LogP contribution in [0.4, 0.5) is 5.69 Å². The first-order valence-corrected chi connectivity index (χ1v) is 17.3. The van der Waals surface area contributed by atoms with E-state index in [9.17, 15) is 4.79 Å². The van der Waals surface area contributed by atoms with Gasteiger partial charge in [-0.1, -0.05) is 75.4 Å². The zero-order valence-corrected chi connectivity index (χ0v) is 29.5. The number of rotatable bonds is 18. The number of fused-ring (bicyclic) bond motifs is 1. The molecule has 46 heavy (non-hydrogen) atoms. The minimum absolute atomic E-state index is 0.0354. The predicted octanol–water partition coefficient (Wildman–Crippen LogP) is 7.44. The quantitative estimate of drug-likeness (QED) is 0.0900. The fourth-order valence-corrected chi connectivity index (χ4v) is 6.84. The van der Waals surface area contributed by atoms with Crippen molar-refractivity contribution < 1.29 is 9.37 Å². The lowest BCUT2D eigenvalue weighted by molar-refractivity contribution is -0.401. The van der Waals surface area contributed by atoms with Crippen LogP contribution in [0.15, 0.2) is 96.4 Å². The van der Waals surface area contributed by atoms with E-state index in [1.165, 1.54) is 33.9 Å². The summed E-state index contributed by atoms with van der Waals surface area (Å²) in [6, 6.07) is 8.67. The van der Waals surface area contributed by atoms with Crippen molar-refractivity contribution in [3.63, 3.8) is 0 Å². The second-order valence-electron chi connectivity index (χ2n) is 13.4. The van der Waals surface area contributed by atoms with E-state index in [-0.39, 0.29) is 16.7 Å². The summed E-state index contributed by atoms with van der Waals surface area (Å²) in [5, 5.41) is 6.47. The molecule has 250 valence electrons. The normalized spacial score (nSPS) is 19.8. The molecule has 0 radical (unpaired) electrons. The third-order valence-electron chi connectivity index (χ3n) is 9.35. The fourth-order valence-electron chi connectivity index (χ4n) is 6.84. The van der Waals surface area contributed by atoms with Crippen LogP contribution < -0.4 is 16.4 Å². The summed E-state index contributed by atoms with van der Waals surface area (Å²) in [5.74, 6) is 0.162. The highest BCUT2D eigenvalue weighted by Crippen LogP contribution is 2.50. The van der Waals surface area contributed by atoms with E-state index >= 15 is 0 Å². The molecule has 6 nitrogen and oxygen atoms in total. The molecule has 2 heterocycles. The van der Waals surface area contributed by atoms with Crippen molar-refractivity contribution in [2.75, 3.05) is 39.8 Å². The molecule has 2 aliphatic rings. The topological polar surface area (TPSA) is 73.4 Å². The Morgan fingerprint density at radius 3 is 2.39 bits per heavy atom. The third kappa shape index (κ3) is 9.29. The molecular formula is C40H60N5O+. The van der Waals surface area contributed by atoms with Gasteiger partial charge in [-0.25, -0.2) is 0 Å². The first-order valence-electron chi connectivity index (χ1n) is 17.3. The molecule has 0 saturated carbocycles. The highest BCUT2D eigenvalue weighted by molar-refractivity contribution is 6.03. The summed E-state index contributed by atoms with van der Waals surface area (Å²) in [6.07, 6.45) is 23.8. The van der Waals surface area contributed by atoms with Crippen LogP contribution in [0.25, 0.3) is 0 Å². The number of hydrogen-bond donors (Lipinski definition) is 3. The van der Waals surface area contributed by atoms with Crippen LogP contribution in [0.5, 0.6) is 0 Å². The summed E-state index contributed by atoms with van der Waals surface area (Å²) in [6.45, 7) is 19.7. The summed E-state index contributed by atoms with van der Waals surface area (Å²) in [7, 11) is 2.16. The maximum atomic E-state index is 12.4. The van der Waals surface area contributed by atoms with E-state index in [1.807, 2.05) is 6.08 Å². The Bertz CT molecular complexity index is 1370. The van der Waals surface area contributed by atoms with E-state index in [4.69, 9.17) is 5.73 Å². The number of nitrogens with one attached hydrogen (secondary N) is 2. The van der Waals surface area contributed by atoms with Crippen molar-refractivity contribution in [1.82, 2.24) is 15.5 Å². The molecule has 1 aromatic carbocycles. The molecule has 1 aromatic rings. The monoisotopic (exact) mass is 626 g/mol.